The van der Waals surface area contributed by atoms with Gasteiger partial charge in [-0.3, -0.25) is 4.79 Å². The second-order valence-electron chi connectivity index (χ2n) is 6.61. The van der Waals surface area contributed by atoms with Gasteiger partial charge in [0.2, 0.25) is 0 Å². The van der Waals surface area contributed by atoms with E-state index in [-0.39, 0.29) is 11.0 Å². The molecule has 1 aromatic heterocycles. The van der Waals surface area contributed by atoms with Crippen molar-refractivity contribution in [2.24, 2.45) is 11.1 Å². The average Bonchev–Trinajstić information content (AvgIpc) is 2.45. The lowest BCUT2D eigenvalue weighted by atomic mass is 9.86. The minimum absolute atomic E-state index is 0.0402. The summed E-state index contributed by atoms with van der Waals surface area (Å²) < 4.78 is 0.716. The fraction of sp³-hybridized carbons (Fsp3) is 0.571. The van der Waals surface area contributed by atoms with Crippen molar-refractivity contribution in [3.05, 3.63) is 22.3 Å². The van der Waals surface area contributed by atoms with E-state index in [4.69, 9.17) is 5.73 Å². The molecule has 2 rings (SSSR count). The lowest BCUT2D eigenvalue weighted by Gasteiger charge is -2.33. The van der Waals surface area contributed by atoms with E-state index in [9.17, 15) is 4.79 Å². The Bertz CT molecular complexity index is 525. The number of anilines is 1. The second-order valence-corrected chi connectivity index (χ2v) is 7.42. The number of rotatable bonds is 2. The molecule has 19 heavy (non-hydrogen) atoms. The van der Waals surface area contributed by atoms with E-state index in [2.05, 4.69) is 53.5 Å². The monoisotopic (exact) mass is 325 g/mol. The molecule has 1 fully saturated rings. The standard InChI is InChI=1S/C14H20BrN3O/c1-13(2)7-14(3,4)18(8-13)12-9(11(16)19)5-6-10(15)17-12/h5-6H,7-8H2,1-4H3,(H2,16,19). The number of halogens is 1. The molecular weight excluding hydrogens is 306 g/mol. The molecule has 1 aliphatic rings. The maximum absolute atomic E-state index is 11.6. The Hall–Kier alpha value is -1.10. The van der Waals surface area contributed by atoms with Crippen molar-refractivity contribution in [2.75, 3.05) is 11.4 Å². The van der Waals surface area contributed by atoms with E-state index in [1.807, 2.05) is 0 Å². The number of hydrogen-bond acceptors (Lipinski definition) is 3. The highest BCUT2D eigenvalue weighted by molar-refractivity contribution is 9.10. The van der Waals surface area contributed by atoms with Crippen LogP contribution in [0.25, 0.3) is 0 Å². The van der Waals surface area contributed by atoms with Crippen molar-refractivity contribution >= 4 is 27.7 Å². The summed E-state index contributed by atoms with van der Waals surface area (Å²) in [6.07, 6.45) is 1.05. The lowest BCUT2D eigenvalue weighted by Crippen LogP contribution is -2.40. The fourth-order valence-corrected chi connectivity index (χ4v) is 3.45. The Balaban J connectivity index is 2.52. The number of pyridine rings is 1. The van der Waals surface area contributed by atoms with Crippen LogP contribution in [0.2, 0.25) is 0 Å². The van der Waals surface area contributed by atoms with E-state index < -0.39 is 5.91 Å². The van der Waals surface area contributed by atoms with Crippen molar-refractivity contribution in [3.8, 4) is 0 Å². The number of carbonyl (C=O) groups excluding carboxylic acids is 1. The van der Waals surface area contributed by atoms with Crippen molar-refractivity contribution in [1.29, 1.82) is 0 Å². The van der Waals surface area contributed by atoms with E-state index in [0.717, 1.165) is 13.0 Å². The second kappa shape index (κ2) is 4.47. The molecule has 0 spiro atoms. The third kappa shape index (κ3) is 2.76. The number of nitrogens with two attached hydrogens (primary N) is 1. The number of primary amides is 1. The van der Waals surface area contributed by atoms with Crippen molar-refractivity contribution in [3.63, 3.8) is 0 Å². The number of nitrogens with zero attached hydrogens (tertiary/aromatic N) is 2. The topological polar surface area (TPSA) is 59.2 Å². The number of aromatic nitrogens is 1. The first-order valence-corrected chi connectivity index (χ1v) is 7.16. The zero-order valence-electron chi connectivity index (χ0n) is 11.8. The van der Waals surface area contributed by atoms with Gasteiger partial charge in [-0.15, -0.1) is 0 Å². The summed E-state index contributed by atoms with van der Waals surface area (Å²) in [7, 11) is 0. The Labute approximate surface area is 122 Å². The molecule has 0 radical (unpaired) electrons. The van der Waals surface area contributed by atoms with Gasteiger partial charge in [0.1, 0.15) is 10.4 Å². The van der Waals surface area contributed by atoms with Crippen LogP contribution in [0.3, 0.4) is 0 Å². The summed E-state index contributed by atoms with van der Waals surface area (Å²) in [5.74, 6) is 0.243. The maximum atomic E-state index is 11.6. The predicted octanol–water partition coefficient (Wildman–Crippen LogP) is 2.96. The molecule has 0 unspecified atom stereocenters. The molecule has 1 aromatic rings. The Morgan fingerprint density at radius 3 is 2.47 bits per heavy atom. The molecule has 2 N–H and O–H groups in total. The van der Waals surface area contributed by atoms with Gasteiger partial charge in [0.05, 0.1) is 5.56 Å². The van der Waals surface area contributed by atoms with Gasteiger partial charge in [0, 0.05) is 12.1 Å². The first-order chi connectivity index (χ1) is 8.62. The van der Waals surface area contributed by atoms with Gasteiger partial charge in [0.15, 0.2) is 0 Å². The summed E-state index contributed by atoms with van der Waals surface area (Å²) in [5, 5.41) is 0. The van der Waals surface area contributed by atoms with Gasteiger partial charge < -0.3 is 10.6 Å². The summed E-state index contributed by atoms with van der Waals surface area (Å²) in [5.41, 5.74) is 6.10. The predicted molar refractivity (Wildman–Crippen MR) is 80.3 cm³/mol. The molecule has 2 heterocycles. The first-order valence-electron chi connectivity index (χ1n) is 6.36. The molecule has 0 bridgehead atoms. The Morgan fingerprint density at radius 1 is 1.37 bits per heavy atom. The van der Waals surface area contributed by atoms with Crippen LogP contribution < -0.4 is 10.6 Å². The highest BCUT2D eigenvalue weighted by Gasteiger charge is 2.44. The molecule has 4 nitrogen and oxygen atoms in total. The van der Waals surface area contributed by atoms with Crippen LogP contribution >= 0.6 is 15.9 Å². The number of amides is 1. The average molecular weight is 326 g/mol. The highest BCUT2D eigenvalue weighted by Crippen LogP contribution is 2.43. The summed E-state index contributed by atoms with van der Waals surface area (Å²) >= 11 is 3.37. The molecule has 1 saturated heterocycles. The number of hydrogen-bond donors (Lipinski definition) is 1. The van der Waals surface area contributed by atoms with Gasteiger partial charge in [-0.05, 0) is 53.7 Å². The largest absolute Gasteiger partial charge is 0.365 e. The van der Waals surface area contributed by atoms with Crippen molar-refractivity contribution in [2.45, 2.75) is 39.7 Å². The smallest absolute Gasteiger partial charge is 0.252 e. The quantitative estimate of drug-likeness (QED) is 0.850. The summed E-state index contributed by atoms with van der Waals surface area (Å²) in [4.78, 5) is 18.3. The van der Waals surface area contributed by atoms with E-state index in [0.29, 0.717) is 16.0 Å². The Morgan fingerprint density at radius 2 is 2.00 bits per heavy atom. The lowest BCUT2D eigenvalue weighted by molar-refractivity contribution is 0.100. The van der Waals surface area contributed by atoms with Crippen LogP contribution in [-0.2, 0) is 0 Å². The maximum Gasteiger partial charge on any atom is 0.252 e. The van der Waals surface area contributed by atoms with Gasteiger partial charge in [-0.1, -0.05) is 13.8 Å². The molecule has 1 aliphatic heterocycles. The highest BCUT2D eigenvalue weighted by atomic mass is 79.9. The SMILES string of the molecule is CC1(C)CN(c2nc(Br)ccc2C(N)=O)C(C)(C)C1. The molecule has 0 saturated carbocycles. The van der Waals surface area contributed by atoms with Crippen LogP contribution in [0.5, 0.6) is 0 Å². The van der Waals surface area contributed by atoms with Gasteiger partial charge in [-0.2, -0.15) is 0 Å². The van der Waals surface area contributed by atoms with Crippen LogP contribution in [0.1, 0.15) is 44.5 Å². The molecule has 104 valence electrons. The van der Waals surface area contributed by atoms with Crippen LogP contribution in [-0.4, -0.2) is 23.0 Å². The van der Waals surface area contributed by atoms with E-state index in [1.165, 1.54) is 0 Å². The Kier molecular flexibility index (Phi) is 3.37. The molecular formula is C14H20BrN3O. The third-order valence-electron chi connectivity index (χ3n) is 3.59. The molecule has 5 heteroatoms. The number of carbonyl (C=O) groups is 1. The normalized spacial score (nSPS) is 20.6. The van der Waals surface area contributed by atoms with Crippen LogP contribution in [0.4, 0.5) is 5.82 Å². The minimum atomic E-state index is -0.435. The summed E-state index contributed by atoms with van der Waals surface area (Å²) in [6.45, 7) is 9.68. The molecule has 0 atom stereocenters. The zero-order valence-corrected chi connectivity index (χ0v) is 13.4. The molecule has 1 amide bonds. The molecule has 0 aromatic carbocycles. The minimum Gasteiger partial charge on any atom is -0.365 e. The van der Waals surface area contributed by atoms with Crippen LogP contribution in [0.15, 0.2) is 16.7 Å². The summed E-state index contributed by atoms with van der Waals surface area (Å²) in [6, 6.07) is 3.48. The van der Waals surface area contributed by atoms with Crippen molar-refractivity contribution in [1.82, 2.24) is 4.98 Å². The van der Waals surface area contributed by atoms with E-state index >= 15 is 0 Å². The van der Waals surface area contributed by atoms with Gasteiger partial charge in [-0.25, -0.2) is 4.98 Å². The third-order valence-corrected chi connectivity index (χ3v) is 4.03. The van der Waals surface area contributed by atoms with Crippen molar-refractivity contribution < 1.29 is 4.79 Å². The first kappa shape index (κ1) is 14.3. The van der Waals surface area contributed by atoms with Gasteiger partial charge >= 0.3 is 0 Å². The van der Waals surface area contributed by atoms with Gasteiger partial charge in [0.25, 0.3) is 5.91 Å². The van der Waals surface area contributed by atoms with E-state index in [1.54, 1.807) is 12.1 Å². The zero-order chi connectivity index (χ0) is 14.4. The van der Waals surface area contributed by atoms with Crippen LogP contribution in [0, 0.1) is 5.41 Å². The molecule has 0 aliphatic carbocycles. The fourth-order valence-electron chi connectivity index (χ4n) is 3.15.